The van der Waals surface area contributed by atoms with Crippen LogP contribution in [0.4, 0.5) is 8.78 Å². The molecule has 0 saturated heterocycles. The number of carbonyl (C=O) groups is 1. The molecule has 0 aromatic heterocycles. The van der Waals surface area contributed by atoms with E-state index in [-0.39, 0.29) is 19.3 Å². The standard InChI is InChI=1S/C16H21F2NO4S/c17-16(18)9-5-4-8-13(16)11-24(22,23)19-14(15(20)21)10-12-6-2-1-3-7-12/h1-3,6-7,13-14,19H,4-5,8-11H2,(H,20,21)/t13?,14-/m1/s1. The largest absolute Gasteiger partial charge is 0.480 e. The molecule has 1 aromatic rings. The zero-order valence-electron chi connectivity index (χ0n) is 13.1. The maximum absolute atomic E-state index is 13.8. The average Bonchev–Trinajstić information content (AvgIpc) is 2.49. The third-order valence-electron chi connectivity index (χ3n) is 4.23. The molecule has 1 saturated carbocycles. The number of sulfonamides is 1. The summed E-state index contributed by atoms with van der Waals surface area (Å²) in [5.74, 6) is -6.38. The Kier molecular flexibility index (Phi) is 5.92. The number of nitrogens with one attached hydrogen (secondary N) is 1. The zero-order valence-corrected chi connectivity index (χ0v) is 13.9. The molecule has 0 aliphatic heterocycles. The van der Waals surface area contributed by atoms with Crippen molar-refractivity contribution in [3.63, 3.8) is 0 Å². The summed E-state index contributed by atoms with van der Waals surface area (Å²) in [6, 6.07) is 7.17. The Balaban J connectivity index is 2.06. The van der Waals surface area contributed by atoms with Gasteiger partial charge >= 0.3 is 5.97 Å². The number of halogens is 2. The first-order valence-electron chi connectivity index (χ1n) is 7.84. The molecule has 1 fully saturated rings. The molecule has 2 N–H and O–H groups in total. The van der Waals surface area contributed by atoms with Crippen molar-refractivity contribution in [1.82, 2.24) is 4.72 Å². The minimum Gasteiger partial charge on any atom is -0.480 e. The van der Waals surface area contributed by atoms with E-state index in [0.717, 1.165) is 0 Å². The highest BCUT2D eigenvalue weighted by atomic mass is 32.2. The van der Waals surface area contributed by atoms with Crippen LogP contribution in [0.2, 0.25) is 0 Å². The van der Waals surface area contributed by atoms with Crippen molar-refractivity contribution in [1.29, 1.82) is 0 Å². The molecule has 24 heavy (non-hydrogen) atoms. The number of carboxylic acid groups (broad SMARTS) is 1. The Labute approximate surface area is 140 Å². The number of benzene rings is 1. The van der Waals surface area contributed by atoms with Crippen LogP contribution in [0.3, 0.4) is 0 Å². The van der Waals surface area contributed by atoms with Gasteiger partial charge in [-0.1, -0.05) is 36.8 Å². The van der Waals surface area contributed by atoms with Gasteiger partial charge in [-0.25, -0.2) is 21.9 Å². The van der Waals surface area contributed by atoms with Gasteiger partial charge < -0.3 is 5.11 Å². The molecule has 8 heteroatoms. The van der Waals surface area contributed by atoms with Crippen LogP contribution < -0.4 is 4.72 Å². The molecule has 0 heterocycles. The van der Waals surface area contributed by atoms with Gasteiger partial charge in [0.15, 0.2) is 0 Å². The normalized spacial score (nSPS) is 22.0. The molecule has 2 atom stereocenters. The minimum atomic E-state index is -4.13. The van der Waals surface area contributed by atoms with Gasteiger partial charge in [-0.3, -0.25) is 4.79 Å². The van der Waals surface area contributed by atoms with Crippen LogP contribution in [0.5, 0.6) is 0 Å². The van der Waals surface area contributed by atoms with Gasteiger partial charge in [-0.2, -0.15) is 0 Å². The van der Waals surface area contributed by atoms with Gasteiger partial charge in [0, 0.05) is 12.3 Å². The summed E-state index contributed by atoms with van der Waals surface area (Å²) in [6.07, 6.45) is 0.700. The first-order valence-corrected chi connectivity index (χ1v) is 9.49. The van der Waals surface area contributed by atoms with Gasteiger partial charge in [0.2, 0.25) is 10.0 Å². The molecule has 0 bridgehead atoms. The van der Waals surface area contributed by atoms with Crippen molar-refractivity contribution in [2.24, 2.45) is 5.92 Å². The summed E-state index contributed by atoms with van der Waals surface area (Å²) < 4.78 is 54.1. The van der Waals surface area contributed by atoms with Gasteiger partial charge in [0.05, 0.1) is 5.75 Å². The highest BCUT2D eigenvalue weighted by molar-refractivity contribution is 7.89. The second-order valence-electron chi connectivity index (χ2n) is 6.18. The smallest absolute Gasteiger partial charge is 0.322 e. The van der Waals surface area contributed by atoms with Crippen molar-refractivity contribution in [3.8, 4) is 0 Å². The predicted octanol–water partition coefficient (Wildman–Crippen LogP) is 2.43. The minimum absolute atomic E-state index is 0.0452. The number of aliphatic carboxylic acids is 1. The number of hydrogen-bond acceptors (Lipinski definition) is 3. The Morgan fingerprint density at radius 1 is 1.29 bits per heavy atom. The maximum Gasteiger partial charge on any atom is 0.322 e. The number of rotatable bonds is 7. The molecule has 2 rings (SSSR count). The molecule has 134 valence electrons. The molecule has 5 nitrogen and oxygen atoms in total. The summed E-state index contributed by atoms with van der Waals surface area (Å²) >= 11 is 0. The van der Waals surface area contributed by atoms with E-state index in [1.165, 1.54) is 0 Å². The second-order valence-corrected chi connectivity index (χ2v) is 7.98. The average molecular weight is 361 g/mol. The van der Waals surface area contributed by atoms with Crippen LogP contribution in [0, 0.1) is 5.92 Å². The van der Waals surface area contributed by atoms with Crippen LogP contribution in [-0.4, -0.2) is 37.2 Å². The Morgan fingerprint density at radius 3 is 2.54 bits per heavy atom. The van der Waals surface area contributed by atoms with Crippen molar-refractivity contribution < 1.29 is 27.1 Å². The highest BCUT2D eigenvalue weighted by Gasteiger charge is 2.44. The summed E-state index contributed by atoms with van der Waals surface area (Å²) in [5, 5.41) is 9.23. The van der Waals surface area contributed by atoms with E-state index < -0.39 is 39.6 Å². The predicted molar refractivity (Wildman–Crippen MR) is 85.4 cm³/mol. The van der Waals surface area contributed by atoms with E-state index in [1.54, 1.807) is 30.3 Å². The number of hydrogen-bond donors (Lipinski definition) is 2. The van der Waals surface area contributed by atoms with E-state index in [0.29, 0.717) is 18.4 Å². The van der Waals surface area contributed by atoms with E-state index in [9.17, 15) is 27.1 Å². The monoisotopic (exact) mass is 361 g/mol. The lowest BCUT2D eigenvalue weighted by Gasteiger charge is -2.31. The quantitative estimate of drug-likeness (QED) is 0.781. The van der Waals surface area contributed by atoms with Crippen LogP contribution in [0.15, 0.2) is 30.3 Å². The first kappa shape index (κ1) is 18.8. The Bertz CT molecular complexity index is 664. The summed E-state index contributed by atoms with van der Waals surface area (Å²) in [7, 11) is -4.13. The van der Waals surface area contributed by atoms with Crippen molar-refractivity contribution in [3.05, 3.63) is 35.9 Å². The topological polar surface area (TPSA) is 83.5 Å². The third kappa shape index (κ3) is 5.24. The van der Waals surface area contributed by atoms with E-state index in [2.05, 4.69) is 4.72 Å². The molecular formula is C16H21F2NO4S. The molecule has 0 radical (unpaired) electrons. The number of alkyl halides is 2. The van der Waals surface area contributed by atoms with Crippen LogP contribution in [-0.2, 0) is 21.2 Å². The molecular weight excluding hydrogens is 340 g/mol. The van der Waals surface area contributed by atoms with E-state index >= 15 is 0 Å². The van der Waals surface area contributed by atoms with Gasteiger partial charge in [-0.15, -0.1) is 0 Å². The molecule has 1 unspecified atom stereocenters. The van der Waals surface area contributed by atoms with E-state index in [1.807, 2.05) is 0 Å². The van der Waals surface area contributed by atoms with Crippen LogP contribution in [0.1, 0.15) is 31.2 Å². The molecule has 1 aliphatic carbocycles. The van der Waals surface area contributed by atoms with Gasteiger partial charge in [0.25, 0.3) is 5.92 Å². The summed E-state index contributed by atoms with van der Waals surface area (Å²) in [4.78, 5) is 11.3. The third-order valence-corrected chi connectivity index (χ3v) is 5.72. The Hall–Kier alpha value is -1.54. The molecule has 1 aliphatic rings. The maximum atomic E-state index is 13.8. The van der Waals surface area contributed by atoms with E-state index in [4.69, 9.17) is 0 Å². The fourth-order valence-electron chi connectivity index (χ4n) is 2.93. The van der Waals surface area contributed by atoms with Gasteiger partial charge in [-0.05, 0) is 24.8 Å². The lowest BCUT2D eigenvalue weighted by atomic mass is 9.87. The lowest BCUT2D eigenvalue weighted by Crippen LogP contribution is -2.46. The van der Waals surface area contributed by atoms with Crippen LogP contribution >= 0.6 is 0 Å². The van der Waals surface area contributed by atoms with Crippen LogP contribution in [0.25, 0.3) is 0 Å². The summed E-state index contributed by atoms with van der Waals surface area (Å²) in [6.45, 7) is 0. The number of carboxylic acids is 1. The summed E-state index contributed by atoms with van der Waals surface area (Å²) in [5.41, 5.74) is 0.649. The molecule has 0 spiro atoms. The Morgan fingerprint density at radius 2 is 1.96 bits per heavy atom. The lowest BCUT2D eigenvalue weighted by molar-refractivity contribution is -0.138. The zero-order chi connectivity index (χ0) is 17.8. The molecule has 0 amide bonds. The van der Waals surface area contributed by atoms with Crippen molar-refractivity contribution >= 4 is 16.0 Å². The molecule has 1 aromatic carbocycles. The fraction of sp³-hybridized carbons (Fsp3) is 0.562. The first-order chi connectivity index (χ1) is 11.2. The van der Waals surface area contributed by atoms with Crippen molar-refractivity contribution in [2.75, 3.05) is 5.75 Å². The van der Waals surface area contributed by atoms with Crippen molar-refractivity contribution in [2.45, 2.75) is 44.1 Å². The SMILES string of the molecule is O=C(O)[C@@H](Cc1ccccc1)NS(=O)(=O)CC1CCCCC1(F)F. The fourth-order valence-corrected chi connectivity index (χ4v) is 4.58. The van der Waals surface area contributed by atoms with Gasteiger partial charge in [0.1, 0.15) is 6.04 Å². The second kappa shape index (κ2) is 7.57. The highest BCUT2D eigenvalue weighted by Crippen LogP contribution is 2.38.